The number of hydrogen-bond acceptors (Lipinski definition) is 4. The number of rotatable bonds is 7. The Morgan fingerprint density at radius 2 is 1.79 bits per heavy atom. The second kappa shape index (κ2) is 9.94. The number of benzene rings is 3. The summed E-state index contributed by atoms with van der Waals surface area (Å²) in [5.41, 5.74) is 16.3. The average Bonchev–Trinajstić information content (AvgIpc) is 3.42. The van der Waals surface area contributed by atoms with Crippen molar-refractivity contribution in [3.05, 3.63) is 84.1 Å². The van der Waals surface area contributed by atoms with Crippen molar-refractivity contribution < 1.29 is 4.74 Å². The average molecular weight is 454 g/mol. The molecular formula is C30H35N3O. The second-order valence-electron chi connectivity index (χ2n) is 9.50. The van der Waals surface area contributed by atoms with Crippen molar-refractivity contribution in [3.8, 4) is 11.1 Å². The first-order valence-corrected chi connectivity index (χ1v) is 12.4. The molecule has 2 N–H and O–H groups in total. The summed E-state index contributed by atoms with van der Waals surface area (Å²) in [7, 11) is 3.96. The van der Waals surface area contributed by atoms with Crippen LogP contribution in [-0.4, -0.2) is 27.3 Å². The third-order valence-corrected chi connectivity index (χ3v) is 7.31. The second-order valence-corrected chi connectivity index (χ2v) is 9.50. The Morgan fingerprint density at radius 3 is 2.56 bits per heavy atom. The Labute approximate surface area is 203 Å². The summed E-state index contributed by atoms with van der Waals surface area (Å²) in [6.45, 7) is 1.59. The lowest BCUT2D eigenvalue weighted by molar-refractivity contribution is 0.206. The highest BCUT2D eigenvalue weighted by molar-refractivity contribution is 5.87. The van der Waals surface area contributed by atoms with Gasteiger partial charge in [-0.3, -0.25) is 0 Å². The first-order valence-electron chi connectivity index (χ1n) is 12.4. The third kappa shape index (κ3) is 4.30. The molecule has 0 spiro atoms. The van der Waals surface area contributed by atoms with E-state index in [4.69, 9.17) is 10.5 Å². The molecule has 0 aromatic heterocycles. The zero-order valence-electron chi connectivity index (χ0n) is 20.3. The van der Waals surface area contributed by atoms with Crippen LogP contribution in [0.1, 0.15) is 42.7 Å². The quantitative estimate of drug-likeness (QED) is 0.396. The number of ether oxygens (including phenoxy) is 1. The molecule has 176 valence electrons. The van der Waals surface area contributed by atoms with Gasteiger partial charge < -0.3 is 20.3 Å². The van der Waals surface area contributed by atoms with Crippen LogP contribution in [0.25, 0.3) is 11.1 Å². The van der Waals surface area contributed by atoms with Crippen molar-refractivity contribution in [1.29, 1.82) is 0 Å². The zero-order valence-corrected chi connectivity index (χ0v) is 20.3. The van der Waals surface area contributed by atoms with Gasteiger partial charge in [-0.2, -0.15) is 0 Å². The van der Waals surface area contributed by atoms with Crippen molar-refractivity contribution in [2.24, 2.45) is 0 Å². The van der Waals surface area contributed by atoms with Gasteiger partial charge in [-0.15, -0.1) is 0 Å². The standard InChI is InChI=1S/C30H35N3O/c1-32(19-20-34-2)27-17-15-24-13-8-18-33(30(24)29(27)23-11-6-7-12-23)28-21-25(14-16-26(28)31)22-9-4-3-5-10-22/h3-5,8-10,14-18,21,23H,6-7,11-13,19-20,31H2,1-2H3. The highest BCUT2D eigenvalue weighted by Gasteiger charge is 2.30. The Morgan fingerprint density at radius 1 is 1.00 bits per heavy atom. The largest absolute Gasteiger partial charge is 0.397 e. The predicted octanol–water partition coefficient (Wildman–Crippen LogP) is 6.88. The summed E-state index contributed by atoms with van der Waals surface area (Å²) in [5.74, 6) is 0.572. The lowest BCUT2D eigenvalue weighted by Gasteiger charge is -2.35. The molecule has 3 aromatic rings. The van der Waals surface area contributed by atoms with E-state index in [1.807, 2.05) is 6.07 Å². The van der Waals surface area contributed by atoms with Gasteiger partial charge in [0.05, 0.1) is 23.7 Å². The molecule has 0 radical (unpaired) electrons. The molecule has 1 aliphatic carbocycles. The molecule has 5 rings (SSSR count). The fraction of sp³-hybridized carbons (Fsp3) is 0.333. The van der Waals surface area contributed by atoms with Crippen LogP contribution in [0.3, 0.4) is 0 Å². The van der Waals surface area contributed by atoms with Gasteiger partial charge in [0.25, 0.3) is 0 Å². The summed E-state index contributed by atoms with van der Waals surface area (Å²) >= 11 is 0. The number of hydrogen-bond donors (Lipinski definition) is 1. The maximum absolute atomic E-state index is 6.62. The van der Waals surface area contributed by atoms with Crippen molar-refractivity contribution in [2.45, 2.75) is 38.0 Å². The van der Waals surface area contributed by atoms with Gasteiger partial charge in [0.15, 0.2) is 0 Å². The summed E-state index contributed by atoms with van der Waals surface area (Å²) < 4.78 is 5.39. The molecular weight excluding hydrogens is 418 g/mol. The molecule has 1 aliphatic heterocycles. The van der Waals surface area contributed by atoms with Gasteiger partial charge >= 0.3 is 0 Å². The van der Waals surface area contributed by atoms with Gasteiger partial charge in [-0.1, -0.05) is 61.4 Å². The number of likely N-dealkylation sites (N-methyl/N-ethyl adjacent to an activating group) is 1. The Hall–Kier alpha value is -3.24. The van der Waals surface area contributed by atoms with Crippen molar-refractivity contribution >= 4 is 22.7 Å². The van der Waals surface area contributed by atoms with E-state index in [1.165, 1.54) is 59.3 Å². The van der Waals surface area contributed by atoms with E-state index in [2.05, 4.69) is 83.7 Å². The maximum Gasteiger partial charge on any atom is 0.0691 e. The Kier molecular flexibility index (Phi) is 6.59. The van der Waals surface area contributed by atoms with Crippen LogP contribution in [0.4, 0.5) is 22.7 Å². The third-order valence-electron chi connectivity index (χ3n) is 7.31. The van der Waals surface area contributed by atoms with Gasteiger partial charge in [0.1, 0.15) is 0 Å². The fourth-order valence-corrected chi connectivity index (χ4v) is 5.51. The lowest BCUT2D eigenvalue weighted by atomic mass is 9.88. The summed E-state index contributed by atoms with van der Waals surface area (Å²) in [6.07, 6.45) is 10.5. The number of nitrogens with zero attached hydrogens (tertiary/aromatic N) is 2. The van der Waals surface area contributed by atoms with Gasteiger partial charge in [0.2, 0.25) is 0 Å². The number of methoxy groups -OCH3 is 1. The zero-order chi connectivity index (χ0) is 23.5. The SMILES string of the molecule is COCCN(C)c1ccc2c(c1C1CCCC1)N(c1cc(-c3ccccc3)ccc1N)C=CC2. The van der Waals surface area contributed by atoms with E-state index >= 15 is 0 Å². The molecule has 0 amide bonds. The summed E-state index contributed by atoms with van der Waals surface area (Å²) in [4.78, 5) is 4.71. The van der Waals surface area contributed by atoms with Crippen LogP contribution in [-0.2, 0) is 11.2 Å². The molecule has 4 heteroatoms. The molecule has 3 aromatic carbocycles. The van der Waals surface area contributed by atoms with Crippen molar-refractivity contribution in [1.82, 2.24) is 0 Å². The van der Waals surface area contributed by atoms with Crippen molar-refractivity contribution in [3.63, 3.8) is 0 Å². The molecule has 1 fully saturated rings. The molecule has 4 nitrogen and oxygen atoms in total. The van der Waals surface area contributed by atoms with Crippen LogP contribution in [0.2, 0.25) is 0 Å². The van der Waals surface area contributed by atoms with E-state index in [1.54, 1.807) is 7.11 Å². The van der Waals surface area contributed by atoms with E-state index in [0.29, 0.717) is 12.5 Å². The number of allylic oxidation sites excluding steroid dienone is 1. The molecule has 1 heterocycles. The topological polar surface area (TPSA) is 41.7 Å². The predicted molar refractivity (Wildman–Crippen MR) is 144 cm³/mol. The molecule has 1 saturated carbocycles. The first-order chi connectivity index (χ1) is 16.7. The van der Waals surface area contributed by atoms with E-state index in [9.17, 15) is 0 Å². The van der Waals surface area contributed by atoms with Gasteiger partial charge in [0, 0.05) is 38.2 Å². The van der Waals surface area contributed by atoms with Gasteiger partial charge in [-0.05, 0) is 60.1 Å². The minimum absolute atomic E-state index is 0.572. The molecule has 0 saturated heterocycles. The highest BCUT2D eigenvalue weighted by Crippen LogP contribution is 2.49. The molecule has 0 bridgehead atoms. The van der Waals surface area contributed by atoms with Crippen LogP contribution in [0.5, 0.6) is 0 Å². The number of anilines is 4. The monoisotopic (exact) mass is 453 g/mol. The normalized spacial score (nSPS) is 15.5. The number of nitrogens with two attached hydrogens (primary N) is 1. The Bertz CT molecular complexity index is 1170. The highest BCUT2D eigenvalue weighted by atomic mass is 16.5. The summed E-state index contributed by atoms with van der Waals surface area (Å²) in [5, 5.41) is 0. The molecule has 0 atom stereocenters. The van der Waals surface area contributed by atoms with Gasteiger partial charge in [-0.25, -0.2) is 0 Å². The van der Waals surface area contributed by atoms with Crippen LogP contribution < -0.4 is 15.5 Å². The molecule has 34 heavy (non-hydrogen) atoms. The van der Waals surface area contributed by atoms with E-state index in [0.717, 1.165) is 24.3 Å². The van der Waals surface area contributed by atoms with Crippen molar-refractivity contribution in [2.75, 3.05) is 42.8 Å². The fourth-order valence-electron chi connectivity index (χ4n) is 5.51. The van der Waals surface area contributed by atoms with Crippen LogP contribution >= 0.6 is 0 Å². The Balaban J connectivity index is 1.65. The minimum atomic E-state index is 0.572. The van der Waals surface area contributed by atoms with E-state index in [-0.39, 0.29) is 0 Å². The minimum Gasteiger partial charge on any atom is -0.397 e. The maximum atomic E-state index is 6.62. The molecule has 0 unspecified atom stereocenters. The summed E-state index contributed by atoms with van der Waals surface area (Å²) in [6, 6.07) is 21.6. The number of nitrogen functional groups attached to an aromatic ring is 1. The van der Waals surface area contributed by atoms with Crippen LogP contribution in [0, 0.1) is 0 Å². The van der Waals surface area contributed by atoms with E-state index < -0.39 is 0 Å². The first kappa shape index (κ1) is 22.5. The molecule has 2 aliphatic rings. The lowest BCUT2D eigenvalue weighted by Crippen LogP contribution is -2.26. The smallest absolute Gasteiger partial charge is 0.0691 e. The number of fused-ring (bicyclic) bond motifs is 1. The van der Waals surface area contributed by atoms with Crippen LogP contribution in [0.15, 0.2) is 72.9 Å².